The first-order valence-electron chi connectivity index (χ1n) is 20.9. The monoisotopic (exact) mass is 945 g/mol. The molecule has 2 amide bonds. The van der Waals surface area contributed by atoms with Crippen LogP contribution in [0, 0.1) is 25.2 Å². The maximum Gasteiger partial charge on any atom is 0.328 e. The number of methoxy groups -OCH3 is 1. The highest BCUT2D eigenvalue weighted by atomic mass is 35.5. The normalized spacial score (nSPS) is 16.0. The van der Waals surface area contributed by atoms with E-state index in [-0.39, 0.29) is 41.0 Å². The second kappa shape index (κ2) is 19.4. The van der Waals surface area contributed by atoms with E-state index in [0.29, 0.717) is 51.1 Å². The molecule has 66 heavy (non-hydrogen) atoms. The molecule has 1 unspecified atom stereocenters. The van der Waals surface area contributed by atoms with Gasteiger partial charge in [-0.05, 0) is 107 Å². The number of nitrogens with zero attached hydrogens (tertiary/aromatic N) is 3. The number of aryl methyl sites for hydroxylation is 2. The average molecular weight is 947 g/mol. The third-order valence-corrected chi connectivity index (χ3v) is 15.3. The summed E-state index contributed by atoms with van der Waals surface area (Å²) < 4.78 is 54.2. The van der Waals surface area contributed by atoms with Crippen LogP contribution in [0.25, 0.3) is 11.1 Å². The molecule has 2 aliphatic heterocycles. The molecule has 2 aliphatic rings. The zero-order chi connectivity index (χ0) is 46.7. The van der Waals surface area contributed by atoms with Crippen molar-refractivity contribution in [1.29, 1.82) is 5.26 Å². The van der Waals surface area contributed by atoms with Crippen LogP contribution in [0.4, 0.5) is 5.13 Å². The summed E-state index contributed by atoms with van der Waals surface area (Å²) in [5.74, 6) is -0.356. The number of benzene rings is 5. The maximum atomic E-state index is 14.7. The first kappa shape index (κ1) is 45.8. The van der Waals surface area contributed by atoms with Crippen molar-refractivity contribution < 1.29 is 41.7 Å². The van der Waals surface area contributed by atoms with Gasteiger partial charge in [-0.1, -0.05) is 83.6 Å². The van der Waals surface area contributed by atoms with Crippen molar-refractivity contribution in [2.45, 2.75) is 69.2 Å². The molecule has 5 aromatic carbocycles. The molecule has 17 heteroatoms. The average Bonchev–Trinajstić information content (AvgIpc) is 3.70. The largest absolute Gasteiger partial charge is 0.489 e. The van der Waals surface area contributed by atoms with E-state index >= 15 is 0 Å². The Bertz CT molecular complexity index is 2970. The Labute approximate surface area is 391 Å². The number of ether oxygens (including phenoxy) is 4. The topological polar surface area (TPSA) is 186 Å². The minimum atomic E-state index is -4.45. The lowest BCUT2D eigenvalue weighted by molar-refractivity contribution is -0.145. The third-order valence-electron chi connectivity index (χ3n) is 11.3. The summed E-state index contributed by atoms with van der Waals surface area (Å²) >= 11 is 7.07. The van der Waals surface area contributed by atoms with Crippen molar-refractivity contribution in [2.24, 2.45) is 0 Å². The molecule has 0 spiro atoms. The number of hydrogen-bond donors (Lipinski definition) is 2. The number of carbonyl (C=O) groups is 3. The summed E-state index contributed by atoms with van der Waals surface area (Å²) in [7, 11) is -3.24. The van der Waals surface area contributed by atoms with Crippen molar-refractivity contribution >= 4 is 55.9 Å². The van der Waals surface area contributed by atoms with Crippen LogP contribution in [-0.4, -0.2) is 61.3 Å². The molecule has 3 heterocycles. The van der Waals surface area contributed by atoms with Gasteiger partial charge in [0.25, 0.3) is 10.0 Å². The van der Waals surface area contributed by atoms with E-state index in [1.54, 1.807) is 24.3 Å². The van der Waals surface area contributed by atoms with E-state index in [4.69, 9.17) is 35.8 Å². The summed E-state index contributed by atoms with van der Waals surface area (Å²) in [4.78, 5) is 43.9. The van der Waals surface area contributed by atoms with E-state index < -0.39 is 46.0 Å². The molecule has 0 radical (unpaired) electrons. The van der Waals surface area contributed by atoms with Crippen LogP contribution in [-0.2, 0) is 55.1 Å². The predicted octanol–water partition coefficient (Wildman–Crippen LogP) is 8.02. The SMILES string of the molecule is COC(=O)C(Cc1ccc(-c2ccc(C#N)cc2)cc1)NC(=O)[C@@H]1Cc2cc3c(cc2CN1S(=O)(=O)c1sc(NC(C)=O)nc1C)O[C@@H](c1ccc(OCc2ccc(C)c(Cl)c2)cc1)CO3. The van der Waals surface area contributed by atoms with Crippen LogP contribution in [0.2, 0.25) is 5.02 Å². The molecule has 0 fully saturated rings. The highest BCUT2D eigenvalue weighted by Gasteiger charge is 2.43. The number of thiazole rings is 1. The number of nitrogens with one attached hydrogen (secondary N) is 2. The third kappa shape index (κ3) is 10.0. The van der Waals surface area contributed by atoms with Crippen LogP contribution in [0.5, 0.6) is 17.2 Å². The second-order valence-corrected chi connectivity index (χ2v) is 19.4. The summed E-state index contributed by atoms with van der Waals surface area (Å²) in [6.45, 7) is 5.05. The van der Waals surface area contributed by atoms with Gasteiger partial charge in [-0.3, -0.25) is 9.59 Å². The van der Waals surface area contributed by atoms with Gasteiger partial charge in [0.1, 0.15) is 31.0 Å². The van der Waals surface area contributed by atoms with Crippen LogP contribution in [0.1, 0.15) is 57.7 Å². The molecule has 2 N–H and O–H groups in total. The van der Waals surface area contributed by atoms with Gasteiger partial charge in [-0.25, -0.2) is 18.2 Å². The van der Waals surface area contributed by atoms with Crippen molar-refractivity contribution in [1.82, 2.24) is 14.6 Å². The van der Waals surface area contributed by atoms with Crippen molar-refractivity contribution in [2.75, 3.05) is 19.0 Å². The molecule has 0 saturated heterocycles. The quantitative estimate of drug-likeness (QED) is 0.107. The fraction of sp³-hybridized carbons (Fsp3) is 0.245. The maximum absolute atomic E-state index is 14.7. The summed E-state index contributed by atoms with van der Waals surface area (Å²) in [5.41, 5.74) is 7.19. The molecule has 338 valence electrons. The van der Waals surface area contributed by atoms with Crippen LogP contribution in [0.15, 0.2) is 107 Å². The van der Waals surface area contributed by atoms with E-state index in [0.717, 1.165) is 43.5 Å². The molecule has 14 nitrogen and oxygen atoms in total. The second-order valence-electron chi connectivity index (χ2n) is 15.9. The summed E-state index contributed by atoms with van der Waals surface area (Å²) in [5, 5.41) is 15.3. The molecular formula is C49H44ClN5O9S2. The number of hydrogen-bond acceptors (Lipinski definition) is 12. The Morgan fingerprint density at radius 2 is 1.62 bits per heavy atom. The smallest absolute Gasteiger partial charge is 0.328 e. The van der Waals surface area contributed by atoms with Crippen molar-refractivity contribution in [3.05, 3.63) is 153 Å². The minimum absolute atomic E-state index is 0.0501. The zero-order valence-corrected chi connectivity index (χ0v) is 38.7. The first-order valence-corrected chi connectivity index (χ1v) is 23.5. The van der Waals surface area contributed by atoms with E-state index in [9.17, 15) is 22.8 Å². The van der Waals surface area contributed by atoms with E-state index in [2.05, 4.69) is 21.7 Å². The fourth-order valence-electron chi connectivity index (χ4n) is 7.78. The lowest BCUT2D eigenvalue weighted by atomic mass is 9.93. The van der Waals surface area contributed by atoms with Crippen LogP contribution >= 0.6 is 22.9 Å². The highest BCUT2D eigenvalue weighted by Crippen LogP contribution is 2.42. The molecular weight excluding hydrogens is 902 g/mol. The lowest BCUT2D eigenvalue weighted by Gasteiger charge is -2.36. The number of nitriles is 1. The van der Waals surface area contributed by atoms with Gasteiger partial charge in [-0.15, -0.1) is 0 Å². The van der Waals surface area contributed by atoms with Crippen LogP contribution in [0.3, 0.4) is 0 Å². The summed E-state index contributed by atoms with van der Waals surface area (Å²) in [6, 6.07) is 30.9. The number of sulfonamides is 1. The molecule has 0 aliphatic carbocycles. The molecule has 6 aromatic rings. The van der Waals surface area contributed by atoms with Gasteiger partial charge in [0, 0.05) is 24.9 Å². The van der Waals surface area contributed by atoms with Crippen molar-refractivity contribution in [3.8, 4) is 34.4 Å². The molecule has 0 saturated carbocycles. The van der Waals surface area contributed by atoms with Gasteiger partial charge in [0.05, 0.1) is 24.4 Å². The van der Waals surface area contributed by atoms with Gasteiger partial charge >= 0.3 is 5.97 Å². The standard InChI is InChI=1S/C49H44ClN5O9S2/c1-28-5-6-33(19-40(28)50)26-62-39-17-15-36(16-18-39)45-27-63-43-22-37-21-42(55(25-38(37)23-44(43)64-45)66(59,60)48-29(2)52-49(65-48)53-30(3)56)46(57)54-41(47(58)61-4)20-31-7-11-34(12-8-31)35-13-9-32(24-51)10-14-35/h5-19,22-23,41-42,45H,20-21,25-27H2,1-4H3,(H,54,57)(H,52,53,56)/t41?,42-,45+/m0/s1. The predicted molar refractivity (Wildman–Crippen MR) is 248 cm³/mol. The summed E-state index contributed by atoms with van der Waals surface area (Å²) in [6.07, 6.45) is -0.508. The molecule has 0 bridgehead atoms. The molecule has 3 atom stereocenters. The lowest BCUT2D eigenvalue weighted by Crippen LogP contribution is -2.56. The number of carbonyl (C=O) groups excluding carboxylic acids is 3. The Hall–Kier alpha value is -6.77. The zero-order valence-electron chi connectivity index (χ0n) is 36.3. The Morgan fingerprint density at radius 3 is 2.29 bits per heavy atom. The van der Waals surface area contributed by atoms with Crippen molar-refractivity contribution in [3.63, 3.8) is 0 Å². The Kier molecular flexibility index (Phi) is 13.4. The van der Waals surface area contributed by atoms with Gasteiger partial charge < -0.3 is 29.6 Å². The van der Waals surface area contributed by atoms with Gasteiger partial charge in [-0.2, -0.15) is 9.57 Å². The van der Waals surface area contributed by atoms with E-state index in [1.165, 1.54) is 21.0 Å². The number of aromatic nitrogens is 1. The Balaban J connectivity index is 1.04. The first-order chi connectivity index (χ1) is 31.7. The molecule has 8 rings (SSSR count). The number of halogens is 1. The fourth-order valence-corrected chi connectivity index (χ4v) is 11.1. The number of amides is 2. The number of anilines is 1. The van der Waals surface area contributed by atoms with E-state index in [1.807, 2.05) is 85.8 Å². The number of esters is 1. The molecule has 1 aromatic heterocycles. The number of rotatable bonds is 13. The van der Waals surface area contributed by atoms with Crippen LogP contribution < -0.4 is 24.8 Å². The number of fused-ring (bicyclic) bond motifs is 2. The van der Waals surface area contributed by atoms with Gasteiger partial charge in [0.2, 0.25) is 11.8 Å². The Morgan fingerprint density at radius 1 is 0.939 bits per heavy atom. The minimum Gasteiger partial charge on any atom is -0.489 e. The van der Waals surface area contributed by atoms with Gasteiger partial charge in [0.15, 0.2) is 26.9 Å². The highest BCUT2D eigenvalue weighted by molar-refractivity contribution is 7.91.